The topological polar surface area (TPSA) is 17.1 Å². The van der Waals surface area contributed by atoms with Crippen LogP contribution < -0.4 is 0 Å². The van der Waals surface area contributed by atoms with E-state index >= 15 is 0 Å². The Morgan fingerprint density at radius 2 is 1.81 bits per heavy atom. The number of hydrogen-bond acceptors (Lipinski definition) is 1. The van der Waals surface area contributed by atoms with Gasteiger partial charge in [0.2, 0.25) is 0 Å². The normalized spacial score (nSPS) is 40.2. The number of carbonyl (C=O) groups is 1. The van der Waals surface area contributed by atoms with Gasteiger partial charge in [-0.3, -0.25) is 4.79 Å². The number of ketones is 1. The Bertz CT molecular complexity index is 305. The minimum Gasteiger partial charge on any atom is -0.300 e. The van der Waals surface area contributed by atoms with Gasteiger partial charge in [0.25, 0.3) is 0 Å². The molecule has 90 valence electrons. The third kappa shape index (κ3) is 1.79. The predicted octanol–water partition coefficient (Wildman–Crippen LogP) is 3.86. The van der Waals surface area contributed by atoms with E-state index in [1.807, 2.05) is 0 Å². The number of Topliss-reactive ketones (excluding diaryl/α,β-unsaturated/α-hetero) is 1. The van der Waals surface area contributed by atoms with Crippen molar-refractivity contribution in [1.82, 2.24) is 0 Å². The lowest BCUT2D eigenvalue weighted by atomic mass is 9.72. The smallest absolute Gasteiger partial charge is 0.133 e. The zero-order valence-corrected chi connectivity index (χ0v) is 11.7. The molecule has 3 aliphatic rings. The van der Waals surface area contributed by atoms with E-state index in [9.17, 15) is 4.79 Å². The maximum atomic E-state index is 11.7. The maximum Gasteiger partial charge on any atom is 0.133 e. The molecule has 2 aliphatic carbocycles. The van der Waals surface area contributed by atoms with Gasteiger partial charge in [0.05, 0.1) is 0 Å². The zero-order valence-electron chi connectivity index (χ0n) is 10.7. The summed E-state index contributed by atoms with van der Waals surface area (Å²) >= 11 is 0. The molecule has 2 saturated carbocycles. The molecule has 1 aliphatic heterocycles. The molecule has 2 atom stereocenters. The monoisotopic (exact) mass is 236 g/mol. The molecule has 1 saturated heterocycles. The second-order valence-corrected chi connectivity index (χ2v) is 12.7. The van der Waals surface area contributed by atoms with E-state index in [1.165, 1.54) is 25.7 Å². The Balaban J connectivity index is 1.73. The molecule has 0 aromatic carbocycles. The standard InChI is InChI=1S/C14H24OSi/c1-16(2)9-11-6-14(7-12(11)10-16)5-3-4-13(15)8-14/h11-12H,3-10H2,1-2H3/t11-,12-/m1/s1. The Labute approximate surface area is 100 Å². The summed E-state index contributed by atoms with van der Waals surface area (Å²) in [6.07, 6.45) is 7.14. The van der Waals surface area contributed by atoms with Gasteiger partial charge in [-0.05, 0) is 42.9 Å². The first-order valence-electron chi connectivity index (χ1n) is 7.00. The van der Waals surface area contributed by atoms with E-state index in [1.54, 1.807) is 12.1 Å². The van der Waals surface area contributed by atoms with Crippen molar-refractivity contribution in [3.8, 4) is 0 Å². The summed E-state index contributed by atoms with van der Waals surface area (Å²) < 4.78 is 0. The number of carbonyl (C=O) groups excluding carboxylic acids is 1. The van der Waals surface area contributed by atoms with Crippen LogP contribution in [0, 0.1) is 17.3 Å². The first-order valence-corrected chi connectivity index (χ1v) is 10.4. The molecular weight excluding hydrogens is 212 g/mol. The van der Waals surface area contributed by atoms with Gasteiger partial charge >= 0.3 is 0 Å². The van der Waals surface area contributed by atoms with Crippen molar-refractivity contribution in [1.29, 1.82) is 0 Å². The van der Waals surface area contributed by atoms with Gasteiger partial charge in [-0.2, -0.15) is 0 Å². The average molecular weight is 236 g/mol. The van der Waals surface area contributed by atoms with Gasteiger partial charge in [-0.1, -0.05) is 25.2 Å². The summed E-state index contributed by atoms with van der Waals surface area (Å²) in [6, 6.07) is 3.10. The van der Waals surface area contributed by atoms with Crippen molar-refractivity contribution < 1.29 is 4.79 Å². The van der Waals surface area contributed by atoms with Crippen molar-refractivity contribution in [2.45, 2.75) is 63.7 Å². The fourth-order valence-electron chi connectivity index (χ4n) is 5.11. The van der Waals surface area contributed by atoms with E-state index in [0.717, 1.165) is 24.7 Å². The van der Waals surface area contributed by atoms with Crippen molar-refractivity contribution in [3.63, 3.8) is 0 Å². The lowest BCUT2D eigenvalue weighted by molar-refractivity contribution is -0.123. The Hall–Kier alpha value is -0.113. The molecule has 1 nitrogen and oxygen atoms in total. The molecule has 0 amide bonds. The highest BCUT2D eigenvalue weighted by molar-refractivity contribution is 6.78. The highest BCUT2D eigenvalue weighted by Gasteiger charge is 2.52. The summed E-state index contributed by atoms with van der Waals surface area (Å²) in [7, 11) is -0.818. The van der Waals surface area contributed by atoms with E-state index in [4.69, 9.17) is 0 Å². The van der Waals surface area contributed by atoms with Crippen molar-refractivity contribution in [2.75, 3.05) is 0 Å². The van der Waals surface area contributed by atoms with Crippen molar-refractivity contribution in [3.05, 3.63) is 0 Å². The molecule has 1 heterocycles. The molecule has 0 bridgehead atoms. The molecule has 0 aromatic rings. The largest absolute Gasteiger partial charge is 0.300 e. The highest BCUT2D eigenvalue weighted by Crippen LogP contribution is 2.60. The summed E-state index contributed by atoms with van der Waals surface area (Å²) in [6.45, 7) is 5.12. The third-order valence-corrected chi connectivity index (χ3v) is 8.68. The molecular formula is C14H24OSi. The minimum atomic E-state index is -0.818. The molecule has 0 N–H and O–H groups in total. The molecule has 0 radical (unpaired) electrons. The second-order valence-electron chi connectivity index (χ2n) is 7.57. The van der Waals surface area contributed by atoms with E-state index in [2.05, 4.69) is 13.1 Å². The molecule has 1 spiro atoms. The molecule has 3 rings (SSSR count). The van der Waals surface area contributed by atoms with Crippen LogP contribution >= 0.6 is 0 Å². The van der Waals surface area contributed by atoms with Crippen LogP contribution in [0.15, 0.2) is 0 Å². The first kappa shape index (κ1) is 11.0. The second kappa shape index (κ2) is 3.44. The number of hydrogen-bond donors (Lipinski definition) is 0. The Morgan fingerprint density at radius 3 is 2.38 bits per heavy atom. The van der Waals surface area contributed by atoms with Gasteiger partial charge < -0.3 is 0 Å². The van der Waals surface area contributed by atoms with Gasteiger partial charge in [0.15, 0.2) is 0 Å². The van der Waals surface area contributed by atoms with Crippen LogP contribution in [0.3, 0.4) is 0 Å². The lowest BCUT2D eigenvalue weighted by Crippen LogP contribution is -2.29. The summed E-state index contributed by atoms with van der Waals surface area (Å²) in [4.78, 5) is 11.7. The van der Waals surface area contributed by atoms with Crippen LogP contribution in [0.5, 0.6) is 0 Å². The summed E-state index contributed by atoms with van der Waals surface area (Å²) in [5.41, 5.74) is 0.482. The molecule has 16 heavy (non-hydrogen) atoms. The van der Waals surface area contributed by atoms with Crippen LogP contribution in [0.4, 0.5) is 0 Å². The SMILES string of the molecule is C[Si]1(C)C[C@H]2CC3(CCCC(=O)C3)C[C@@H]2C1. The van der Waals surface area contributed by atoms with Gasteiger partial charge in [0, 0.05) is 20.9 Å². The maximum absolute atomic E-state index is 11.7. The molecule has 2 heteroatoms. The van der Waals surface area contributed by atoms with E-state index < -0.39 is 8.07 Å². The van der Waals surface area contributed by atoms with Crippen molar-refractivity contribution >= 4 is 13.9 Å². The summed E-state index contributed by atoms with van der Waals surface area (Å²) in [5.74, 6) is 2.57. The minimum absolute atomic E-state index is 0.482. The molecule has 0 aromatic heterocycles. The zero-order chi connectivity index (χ0) is 11.4. The third-order valence-electron chi connectivity index (χ3n) is 5.42. The molecule has 3 fully saturated rings. The van der Waals surface area contributed by atoms with Crippen LogP contribution in [0.25, 0.3) is 0 Å². The average Bonchev–Trinajstić information content (AvgIpc) is 2.53. The van der Waals surface area contributed by atoms with Crippen LogP contribution in [-0.2, 0) is 4.79 Å². The Morgan fingerprint density at radius 1 is 1.19 bits per heavy atom. The molecule has 0 unspecified atom stereocenters. The number of rotatable bonds is 0. The van der Waals surface area contributed by atoms with Crippen LogP contribution in [-0.4, -0.2) is 13.9 Å². The lowest BCUT2D eigenvalue weighted by Gasteiger charge is -2.34. The van der Waals surface area contributed by atoms with E-state index in [-0.39, 0.29) is 0 Å². The Kier molecular flexibility index (Phi) is 2.37. The number of fused-ring (bicyclic) bond motifs is 1. The summed E-state index contributed by atoms with van der Waals surface area (Å²) in [5, 5.41) is 0. The fraction of sp³-hybridized carbons (Fsp3) is 0.929. The van der Waals surface area contributed by atoms with Gasteiger partial charge in [-0.25, -0.2) is 0 Å². The van der Waals surface area contributed by atoms with Gasteiger partial charge in [0.1, 0.15) is 5.78 Å². The van der Waals surface area contributed by atoms with E-state index in [0.29, 0.717) is 11.2 Å². The van der Waals surface area contributed by atoms with Gasteiger partial charge in [-0.15, -0.1) is 0 Å². The quantitative estimate of drug-likeness (QED) is 0.584. The fourth-order valence-corrected chi connectivity index (χ4v) is 9.07. The van der Waals surface area contributed by atoms with Crippen molar-refractivity contribution in [2.24, 2.45) is 17.3 Å². The van der Waals surface area contributed by atoms with Crippen LogP contribution in [0.1, 0.15) is 38.5 Å². The predicted molar refractivity (Wildman–Crippen MR) is 69.2 cm³/mol. The first-order chi connectivity index (χ1) is 7.48. The highest BCUT2D eigenvalue weighted by atomic mass is 28.3. The van der Waals surface area contributed by atoms with Crippen LogP contribution in [0.2, 0.25) is 25.2 Å².